The Morgan fingerprint density at radius 3 is 2.80 bits per heavy atom. The molecule has 0 spiro atoms. The number of aryl methyl sites for hydroxylation is 1. The molecule has 1 unspecified atom stereocenters. The normalized spacial score (nSPS) is 22.8. The van der Waals surface area contributed by atoms with Crippen molar-refractivity contribution in [2.24, 2.45) is 0 Å². The molecule has 1 aromatic rings. The van der Waals surface area contributed by atoms with Crippen molar-refractivity contribution in [3.8, 4) is 0 Å². The first-order valence-electron chi connectivity index (χ1n) is 7.91. The topological polar surface area (TPSA) is 32.3 Å². The Hall–Kier alpha value is -0.870. The number of carbonyl (C=O) groups is 1. The van der Waals surface area contributed by atoms with Crippen LogP contribution in [-0.2, 0) is 6.42 Å². The lowest BCUT2D eigenvalue weighted by Crippen LogP contribution is -2.46. The Morgan fingerprint density at radius 2 is 2.20 bits per heavy atom. The number of rotatable bonds is 5. The molecule has 1 saturated heterocycles. The molecule has 3 rings (SSSR count). The number of thiophene rings is 1. The summed E-state index contributed by atoms with van der Waals surface area (Å²) in [5, 5.41) is 3.56. The molecular weight excluding hydrogens is 268 g/mol. The molecule has 1 atom stereocenters. The van der Waals surface area contributed by atoms with Gasteiger partial charge in [-0.2, -0.15) is 0 Å². The second-order valence-electron chi connectivity index (χ2n) is 5.96. The average Bonchev–Trinajstić information content (AvgIpc) is 3.21. The van der Waals surface area contributed by atoms with E-state index >= 15 is 0 Å². The summed E-state index contributed by atoms with van der Waals surface area (Å²) >= 11 is 1.66. The zero-order chi connectivity index (χ0) is 13.9. The van der Waals surface area contributed by atoms with Crippen molar-refractivity contribution in [1.29, 1.82) is 0 Å². The lowest BCUT2D eigenvalue weighted by Gasteiger charge is -2.30. The van der Waals surface area contributed by atoms with Crippen LogP contribution >= 0.6 is 11.3 Å². The predicted octanol–water partition coefficient (Wildman–Crippen LogP) is 3.06. The summed E-state index contributed by atoms with van der Waals surface area (Å²) in [6.45, 7) is 4.14. The highest BCUT2D eigenvalue weighted by Crippen LogP contribution is 2.30. The van der Waals surface area contributed by atoms with Gasteiger partial charge in [-0.05, 0) is 50.8 Å². The molecule has 20 heavy (non-hydrogen) atoms. The van der Waals surface area contributed by atoms with Crippen molar-refractivity contribution in [2.75, 3.05) is 13.1 Å². The number of hydrogen-bond acceptors (Lipinski definition) is 3. The van der Waals surface area contributed by atoms with Crippen LogP contribution in [0.25, 0.3) is 0 Å². The predicted molar refractivity (Wildman–Crippen MR) is 83.4 cm³/mol. The lowest BCUT2D eigenvalue weighted by molar-refractivity contribution is 0.0723. The van der Waals surface area contributed by atoms with Crippen LogP contribution in [0.3, 0.4) is 0 Å². The zero-order valence-electron chi connectivity index (χ0n) is 12.2. The molecule has 2 aliphatic rings. The van der Waals surface area contributed by atoms with Crippen LogP contribution in [0.4, 0.5) is 0 Å². The minimum Gasteiger partial charge on any atom is -0.333 e. The molecule has 1 aromatic heterocycles. The quantitative estimate of drug-likeness (QED) is 0.904. The molecule has 2 heterocycles. The summed E-state index contributed by atoms with van der Waals surface area (Å²) in [4.78, 5) is 17.1. The summed E-state index contributed by atoms with van der Waals surface area (Å²) in [5.74, 6) is 0.254. The Kier molecular flexibility index (Phi) is 4.41. The van der Waals surface area contributed by atoms with Crippen LogP contribution in [0.15, 0.2) is 12.1 Å². The third-order valence-electron chi connectivity index (χ3n) is 4.30. The van der Waals surface area contributed by atoms with Gasteiger partial charge in [-0.3, -0.25) is 4.79 Å². The first kappa shape index (κ1) is 14.1. The fourth-order valence-corrected chi connectivity index (χ4v) is 3.83. The van der Waals surface area contributed by atoms with Crippen LogP contribution in [0.1, 0.15) is 53.6 Å². The molecule has 1 aliphatic heterocycles. The van der Waals surface area contributed by atoms with E-state index in [1.165, 1.54) is 37.0 Å². The van der Waals surface area contributed by atoms with Crippen molar-refractivity contribution < 1.29 is 4.79 Å². The average molecular weight is 292 g/mol. The van der Waals surface area contributed by atoms with Gasteiger partial charge in [0.15, 0.2) is 0 Å². The van der Waals surface area contributed by atoms with Crippen molar-refractivity contribution in [3.05, 3.63) is 21.9 Å². The number of piperidine rings is 1. The van der Waals surface area contributed by atoms with Gasteiger partial charge < -0.3 is 10.2 Å². The molecule has 1 saturated carbocycles. The summed E-state index contributed by atoms with van der Waals surface area (Å²) in [7, 11) is 0. The molecule has 1 amide bonds. The Bertz CT molecular complexity index is 461. The number of hydrogen-bond donors (Lipinski definition) is 1. The van der Waals surface area contributed by atoms with Crippen LogP contribution < -0.4 is 5.32 Å². The minimum atomic E-state index is 0.254. The van der Waals surface area contributed by atoms with Gasteiger partial charge in [-0.1, -0.05) is 13.3 Å². The lowest BCUT2D eigenvalue weighted by atomic mass is 10.0. The SMILES string of the molecule is CCc1ccc(C(=O)N(CC2CCCCN2)C2CC2)s1. The van der Waals surface area contributed by atoms with Crippen molar-refractivity contribution >= 4 is 17.2 Å². The van der Waals surface area contributed by atoms with E-state index < -0.39 is 0 Å². The third kappa shape index (κ3) is 3.23. The zero-order valence-corrected chi connectivity index (χ0v) is 13.0. The van der Waals surface area contributed by atoms with E-state index in [2.05, 4.69) is 23.2 Å². The van der Waals surface area contributed by atoms with E-state index in [1.54, 1.807) is 11.3 Å². The molecule has 1 N–H and O–H groups in total. The molecule has 0 aromatic carbocycles. The maximum Gasteiger partial charge on any atom is 0.264 e. The third-order valence-corrected chi connectivity index (χ3v) is 5.52. The van der Waals surface area contributed by atoms with Crippen molar-refractivity contribution in [1.82, 2.24) is 10.2 Å². The molecule has 1 aliphatic carbocycles. The van der Waals surface area contributed by atoms with Gasteiger partial charge in [-0.15, -0.1) is 11.3 Å². The Balaban J connectivity index is 1.67. The van der Waals surface area contributed by atoms with E-state index in [-0.39, 0.29) is 5.91 Å². The summed E-state index contributed by atoms with van der Waals surface area (Å²) in [6, 6.07) is 5.11. The molecule has 3 nitrogen and oxygen atoms in total. The monoisotopic (exact) mass is 292 g/mol. The van der Waals surface area contributed by atoms with Crippen molar-refractivity contribution in [2.45, 2.75) is 57.5 Å². The second kappa shape index (κ2) is 6.27. The summed E-state index contributed by atoms with van der Waals surface area (Å²) in [5.41, 5.74) is 0. The molecular formula is C16H24N2OS. The van der Waals surface area contributed by atoms with Crippen molar-refractivity contribution in [3.63, 3.8) is 0 Å². The number of nitrogens with one attached hydrogen (secondary N) is 1. The Morgan fingerprint density at radius 1 is 1.35 bits per heavy atom. The maximum atomic E-state index is 12.7. The highest BCUT2D eigenvalue weighted by molar-refractivity contribution is 7.14. The maximum absolute atomic E-state index is 12.7. The largest absolute Gasteiger partial charge is 0.333 e. The molecule has 110 valence electrons. The van der Waals surface area contributed by atoms with E-state index in [9.17, 15) is 4.79 Å². The fourth-order valence-electron chi connectivity index (χ4n) is 2.93. The van der Waals surface area contributed by atoms with Gasteiger partial charge in [0.1, 0.15) is 0 Å². The van der Waals surface area contributed by atoms with Gasteiger partial charge in [0.05, 0.1) is 4.88 Å². The standard InChI is InChI=1S/C16H24N2OS/c1-2-14-8-9-15(20-14)16(19)18(13-6-7-13)11-12-5-3-4-10-17-12/h8-9,12-13,17H,2-7,10-11H2,1H3. The Labute approximate surface area is 125 Å². The first-order chi connectivity index (χ1) is 9.78. The summed E-state index contributed by atoms with van der Waals surface area (Å²) in [6.07, 6.45) is 7.17. The highest BCUT2D eigenvalue weighted by Gasteiger charge is 2.35. The van der Waals surface area contributed by atoms with E-state index in [0.717, 1.165) is 24.4 Å². The van der Waals surface area contributed by atoms with E-state index in [0.29, 0.717) is 12.1 Å². The van der Waals surface area contributed by atoms with E-state index in [4.69, 9.17) is 0 Å². The smallest absolute Gasteiger partial charge is 0.264 e. The number of nitrogens with zero attached hydrogens (tertiary/aromatic N) is 1. The first-order valence-corrected chi connectivity index (χ1v) is 8.72. The van der Waals surface area contributed by atoms with Gasteiger partial charge >= 0.3 is 0 Å². The second-order valence-corrected chi connectivity index (χ2v) is 7.12. The molecule has 0 radical (unpaired) electrons. The van der Waals surface area contributed by atoms with Crippen LogP contribution in [0.2, 0.25) is 0 Å². The molecule has 4 heteroatoms. The summed E-state index contributed by atoms with van der Waals surface area (Å²) < 4.78 is 0. The van der Waals surface area contributed by atoms with Crippen LogP contribution in [-0.4, -0.2) is 36.0 Å². The van der Waals surface area contributed by atoms with Gasteiger partial charge in [0.25, 0.3) is 5.91 Å². The van der Waals surface area contributed by atoms with Gasteiger partial charge in [-0.25, -0.2) is 0 Å². The fraction of sp³-hybridized carbons (Fsp3) is 0.688. The van der Waals surface area contributed by atoms with Crippen LogP contribution in [0.5, 0.6) is 0 Å². The van der Waals surface area contributed by atoms with Gasteiger partial charge in [0.2, 0.25) is 0 Å². The molecule has 2 fully saturated rings. The van der Waals surface area contributed by atoms with Gasteiger partial charge in [0, 0.05) is 23.5 Å². The number of amides is 1. The van der Waals surface area contributed by atoms with E-state index in [1.807, 2.05) is 6.07 Å². The van der Waals surface area contributed by atoms with Crippen LogP contribution in [0, 0.1) is 0 Å². The molecule has 0 bridgehead atoms. The minimum absolute atomic E-state index is 0.254. The highest BCUT2D eigenvalue weighted by atomic mass is 32.1. The number of carbonyl (C=O) groups excluding carboxylic acids is 1.